The Kier molecular flexibility index (Phi) is 4.64. The van der Waals surface area contributed by atoms with Gasteiger partial charge in [0, 0.05) is 22.6 Å². The maximum Gasteiger partial charge on any atom is 0.124 e. The van der Waals surface area contributed by atoms with E-state index in [0.29, 0.717) is 6.04 Å². The molecule has 3 rings (SSSR count). The molecule has 0 aliphatic heterocycles. The molecular formula is C16H22BrNO2. The first kappa shape index (κ1) is 14.4. The lowest BCUT2D eigenvalue weighted by Crippen LogP contribution is -2.35. The van der Waals surface area contributed by atoms with E-state index >= 15 is 0 Å². The molecule has 2 atom stereocenters. The quantitative estimate of drug-likeness (QED) is 0.863. The van der Waals surface area contributed by atoms with Crippen LogP contribution in [-0.2, 0) is 6.54 Å². The summed E-state index contributed by atoms with van der Waals surface area (Å²) in [6.07, 6.45) is 6.26. The van der Waals surface area contributed by atoms with Gasteiger partial charge in [0.05, 0.1) is 6.10 Å². The fourth-order valence-electron chi connectivity index (χ4n) is 2.72. The van der Waals surface area contributed by atoms with Crippen LogP contribution >= 0.6 is 15.9 Å². The third kappa shape index (κ3) is 3.74. The van der Waals surface area contributed by atoms with E-state index in [9.17, 15) is 5.11 Å². The summed E-state index contributed by atoms with van der Waals surface area (Å²) < 4.78 is 7.17. The van der Waals surface area contributed by atoms with Gasteiger partial charge in [-0.2, -0.15) is 0 Å². The van der Waals surface area contributed by atoms with Crippen molar-refractivity contribution in [1.82, 2.24) is 5.32 Å². The van der Waals surface area contributed by atoms with Crippen molar-refractivity contribution in [3.8, 4) is 5.75 Å². The van der Waals surface area contributed by atoms with Crippen molar-refractivity contribution in [2.45, 2.75) is 63.3 Å². The van der Waals surface area contributed by atoms with Gasteiger partial charge in [-0.1, -0.05) is 22.4 Å². The van der Waals surface area contributed by atoms with E-state index in [1.807, 2.05) is 12.1 Å². The normalized spacial score (nSPS) is 26.5. The summed E-state index contributed by atoms with van der Waals surface area (Å²) in [6, 6.07) is 6.81. The lowest BCUT2D eigenvalue weighted by molar-refractivity contribution is 0.00635. The predicted molar refractivity (Wildman–Crippen MR) is 82.9 cm³/mol. The second-order valence-corrected chi connectivity index (χ2v) is 6.83. The molecule has 4 heteroatoms. The Morgan fingerprint density at radius 1 is 1.20 bits per heavy atom. The Hall–Kier alpha value is -0.580. The Balaban J connectivity index is 1.69. The molecule has 0 heterocycles. The molecule has 0 spiro atoms. The predicted octanol–water partition coefficient (Wildman–Crippen LogP) is 3.38. The molecule has 20 heavy (non-hydrogen) atoms. The van der Waals surface area contributed by atoms with Crippen LogP contribution in [0.25, 0.3) is 0 Å². The number of aliphatic hydroxyl groups is 1. The van der Waals surface area contributed by atoms with Crippen LogP contribution in [0.1, 0.15) is 44.1 Å². The van der Waals surface area contributed by atoms with Gasteiger partial charge in [-0.05, 0) is 50.3 Å². The molecule has 2 saturated carbocycles. The van der Waals surface area contributed by atoms with Gasteiger partial charge < -0.3 is 15.2 Å². The highest BCUT2D eigenvalue weighted by Crippen LogP contribution is 2.29. The standard InChI is InChI=1S/C16H22BrNO2/c17-12-5-8-15(11(9-12)10-18-13-6-7-13)20-16-4-2-1-3-14(16)19/h5,8-9,13-14,16,18-19H,1-4,6-7,10H2. The first-order valence-corrected chi connectivity index (χ1v) is 8.38. The van der Waals surface area contributed by atoms with Crippen LogP contribution in [0.2, 0.25) is 0 Å². The van der Waals surface area contributed by atoms with Gasteiger partial charge in [0.15, 0.2) is 0 Å². The summed E-state index contributed by atoms with van der Waals surface area (Å²) in [7, 11) is 0. The average molecular weight is 340 g/mol. The summed E-state index contributed by atoms with van der Waals surface area (Å²) in [5.74, 6) is 0.910. The third-order valence-electron chi connectivity index (χ3n) is 4.13. The van der Waals surface area contributed by atoms with Crippen LogP contribution in [0.4, 0.5) is 0 Å². The number of nitrogens with one attached hydrogen (secondary N) is 1. The summed E-state index contributed by atoms with van der Waals surface area (Å²) in [4.78, 5) is 0. The van der Waals surface area contributed by atoms with Crippen LogP contribution < -0.4 is 10.1 Å². The zero-order valence-corrected chi connectivity index (χ0v) is 13.2. The van der Waals surface area contributed by atoms with Crippen molar-refractivity contribution in [3.05, 3.63) is 28.2 Å². The van der Waals surface area contributed by atoms with E-state index in [4.69, 9.17) is 4.74 Å². The number of benzene rings is 1. The van der Waals surface area contributed by atoms with Crippen molar-refractivity contribution in [3.63, 3.8) is 0 Å². The molecule has 2 N–H and O–H groups in total. The highest BCUT2D eigenvalue weighted by molar-refractivity contribution is 9.10. The van der Waals surface area contributed by atoms with E-state index in [2.05, 4.69) is 27.3 Å². The molecule has 0 radical (unpaired) electrons. The van der Waals surface area contributed by atoms with Crippen molar-refractivity contribution in [1.29, 1.82) is 0 Å². The lowest BCUT2D eigenvalue weighted by Gasteiger charge is -2.29. The van der Waals surface area contributed by atoms with E-state index in [0.717, 1.165) is 42.5 Å². The van der Waals surface area contributed by atoms with Gasteiger partial charge in [0.25, 0.3) is 0 Å². The molecule has 0 amide bonds. The molecule has 3 nitrogen and oxygen atoms in total. The fourth-order valence-corrected chi connectivity index (χ4v) is 3.13. The number of ether oxygens (including phenoxy) is 1. The molecule has 2 aliphatic rings. The molecule has 2 unspecified atom stereocenters. The Morgan fingerprint density at radius 2 is 2.00 bits per heavy atom. The second-order valence-electron chi connectivity index (χ2n) is 5.92. The Morgan fingerprint density at radius 3 is 2.75 bits per heavy atom. The van der Waals surface area contributed by atoms with Crippen LogP contribution in [0.15, 0.2) is 22.7 Å². The van der Waals surface area contributed by atoms with Crippen LogP contribution in [0, 0.1) is 0 Å². The Bertz CT molecular complexity index is 462. The first-order valence-electron chi connectivity index (χ1n) is 7.59. The Labute approximate surface area is 128 Å². The minimum Gasteiger partial charge on any atom is -0.487 e. The van der Waals surface area contributed by atoms with Crippen molar-refractivity contribution in [2.75, 3.05) is 0 Å². The zero-order chi connectivity index (χ0) is 13.9. The highest BCUT2D eigenvalue weighted by atomic mass is 79.9. The van der Waals surface area contributed by atoms with Gasteiger partial charge in [-0.3, -0.25) is 0 Å². The second kappa shape index (κ2) is 6.46. The number of hydrogen-bond donors (Lipinski definition) is 2. The van der Waals surface area contributed by atoms with Crippen LogP contribution in [0.5, 0.6) is 5.75 Å². The lowest BCUT2D eigenvalue weighted by atomic mass is 9.95. The largest absolute Gasteiger partial charge is 0.487 e. The molecule has 0 saturated heterocycles. The summed E-state index contributed by atoms with van der Waals surface area (Å²) in [5, 5.41) is 13.6. The highest BCUT2D eigenvalue weighted by Gasteiger charge is 2.26. The summed E-state index contributed by atoms with van der Waals surface area (Å²) in [5.41, 5.74) is 1.17. The topological polar surface area (TPSA) is 41.5 Å². The molecule has 2 aliphatic carbocycles. The van der Waals surface area contributed by atoms with Gasteiger partial charge in [0.2, 0.25) is 0 Å². The number of hydrogen-bond acceptors (Lipinski definition) is 3. The van der Waals surface area contributed by atoms with E-state index in [1.54, 1.807) is 0 Å². The van der Waals surface area contributed by atoms with Crippen molar-refractivity contribution >= 4 is 15.9 Å². The maximum atomic E-state index is 10.1. The molecule has 0 bridgehead atoms. The molecule has 0 aromatic heterocycles. The van der Waals surface area contributed by atoms with E-state index in [-0.39, 0.29) is 12.2 Å². The monoisotopic (exact) mass is 339 g/mol. The van der Waals surface area contributed by atoms with Gasteiger partial charge in [0.1, 0.15) is 11.9 Å². The zero-order valence-electron chi connectivity index (χ0n) is 11.6. The first-order chi connectivity index (χ1) is 9.72. The molecule has 2 fully saturated rings. The molecular weight excluding hydrogens is 318 g/mol. The fraction of sp³-hybridized carbons (Fsp3) is 0.625. The molecule has 110 valence electrons. The van der Waals surface area contributed by atoms with Gasteiger partial charge >= 0.3 is 0 Å². The smallest absolute Gasteiger partial charge is 0.124 e. The van der Waals surface area contributed by atoms with Crippen LogP contribution in [-0.4, -0.2) is 23.4 Å². The number of aliphatic hydroxyl groups excluding tert-OH is 1. The molecule has 1 aromatic carbocycles. The number of rotatable bonds is 5. The molecule has 1 aromatic rings. The minimum atomic E-state index is -0.323. The summed E-state index contributed by atoms with van der Waals surface area (Å²) in [6.45, 7) is 0.836. The van der Waals surface area contributed by atoms with Gasteiger partial charge in [-0.15, -0.1) is 0 Å². The average Bonchev–Trinajstić information content (AvgIpc) is 3.25. The van der Waals surface area contributed by atoms with Crippen molar-refractivity contribution in [2.24, 2.45) is 0 Å². The van der Waals surface area contributed by atoms with Crippen LogP contribution in [0.3, 0.4) is 0 Å². The minimum absolute atomic E-state index is 0.0513. The third-order valence-corrected chi connectivity index (χ3v) is 4.62. The maximum absolute atomic E-state index is 10.1. The van der Waals surface area contributed by atoms with Crippen molar-refractivity contribution < 1.29 is 9.84 Å². The van der Waals surface area contributed by atoms with E-state index in [1.165, 1.54) is 18.4 Å². The SMILES string of the molecule is OC1CCCCC1Oc1ccc(Br)cc1CNC1CC1. The summed E-state index contributed by atoms with van der Waals surface area (Å²) >= 11 is 3.52. The van der Waals surface area contributed by atoms with E-state index < -0.39 is 0 Å². The number of halogens is 1. The van der Waals surface area contributed by atoms with Gasteiger partial charge in [-0.25, -0.2) is 0 Å².